The molecule has 3 N–H and O–H groups in total. The minimum Gasteiger partial charge on any atom is -0.497 e. The Bertz CT molecular complexity index is 617. The van der Waals surface area contributed by atoms with E-state index in [1.54, 1.807) is 13.2 Å². The van der Waals surface area contributed by atoms with Gasteiger partial charge in [-0.3, -0.25) is 15.1 Å². The Balaban J connectivity index is 2.07. The maximum atomic E-state index is 12.5. The van der Waals surface area contributed by atoms with E-state index in [0.29, 0.717) is 13.2 Å². The molecule has 1 saturated heterocycles. The highest BCUT2D eigenvalue weighted by Gasteiger charge is 2.23. The number of rotatable bonds is 6. The maximum absolute atomic E-state index is 12.5. The number of carbonyl (C=O) groups excluding carboxylic acids is 1. The summed E-state index contributed by atoms with van der Waals surface area (Å²) in [5.74, 6) is 0.537. The lowest BCUT2D eigenvalue weighted by molar-refractivity contribution is -0.123. The highest BCUT2D eigenvalue weighted by atomic mass is 16.5. The molecule has 24 heavy (non-hydrogen) atoms. The van der Waals surface area contributed by atoms with Crippen molar-refractivity contribution in [1.29, 1.82) is 5.41 Å². The van der Waals surface area contributed by atoms with Crippen molar-refractivity contribution in [1.82, 2.24) is 4.90 Å². The summed E-state index contributed by atoms with van der Waals surface area (Å²) in [5.41, 5.74) is 6.22. The Labute approximate surface area is 142 Å². The predicted molar refractivity (Wildman–Crippen MR) is 93.8 cm³/mol. The van der Waals surface area contributed by atoms with Crippen LogP contribution in [-0.2, 0) is 9.53 Å². The molecule has 1 amide bonds. The molecule has 0 aliphatic carbocycles. The molecule has 1 fully saturated rings. The fourth-order valence-electron chi connectivity index (χ4n) is 2.45. The molecule has 6 heteroatoms. The summed E-state index contributed by atoms with van der Waals surface area (Å²) in [7, 11) is 1.61. The van der Waals surface area contributed by atoms with Gasteiger partial charge in [-0.2, -0.15) is 0 Å². The minimum atomic E-state index is -0.274. The summed E-state index contributed by atoms with van der Waals surface area (Å²) >= 11 is 0. The Morgan fingerprint density at radius 2 is 2.17 bits per heavy atom. The quantitative estimate of drug-likeness (QED) is 0.475. The van der Waals surface area contributed by atoms with E-state index in [1.165, 1.54) is 23.3 Å². The highest BCUT2D eigenvalue weighted by Crippen LogP contribution is 2.15. The molecule has 1 heterocycles. The summed E-state index contributed by atoms with van der Waals surface area (Å²) in [6.45, 7) is 1.06. The predicted octanol–water partition coefficient (Wildman–Crippen LogP) is 2.17. The molecule has 1 unspecified atom stereocenters. The smallest absolute Gasteiger partial charge is 0.252 e. The van der Waals surface area contributed by atoms with Gasteiger partial charge in [-0.1, -0.05) is 12.1 Å². The zero-order valence-corrected chi connectivity index (χ0v) is 13.8. The second-order valence-electron chi connectivity index (χ2n) is 5.43. The molecule has 1 atom stereocenters. The molecule has 1 aromatic rings. The van der Waals surface area contributed by atoms with Crippen LogP contribution in [0.4, 0.5) is 0 Å². The van der Waals surface area contributed by atoms with E-state index in [1.807, 2.05) is 24.3 Å². The lowest BCUT2D eigenvalue weighted by atomic mass is 10.2. The average molecular weight is 329 g/mol. The summed E-state index contributed by atoms with van der Waals surface area (Å²) in [6, 6.07) is 7.37. The fourth-order valence-corrected chi connectivity index (χ4v) is 2.45. The van der Waals surface area contributed by atoms with E-state index in [4.69, 9.17) is 20.6 Å². The molecule has 0 bridgehead atoms. The van der Waals surface area contributed by atoms with Crippen molar-refractivity contribution in [2.75, 3.05) is 20.3 Å². The third kappa shape index (κ3) is 4.96. The summed E-state index contributed by atoms with van der Waals surface area (Å²) < 4.78 is 10.7. The van der Waals surface area contributed by atoms with Crippen LogP contribution in [0.5, 0.6) is 5.75 Å². The van der Waals surface area contributed by atoms with Crippen LogP contribution in [0.2, 0.25) is 0 Å². The van der Waals surface area contributed by atoms with Crippen LogP contribution in [0.25, 0.3) is 6.08 Å². The number of ether oxygens (including phenoxy) is 2. The fraction of sp³-hybridized carbons (Fsp3) is 0.333. The number of benzene rings is 1. The van der Waals surface area contributed by atoms with Gasteiger partial charge in [0.05, 0.1) is 19.8 Å². The third-order valence-electron chi connectivity index (χ3n) is 3.76. The molecule has 2 rings (SSSR count). The van der Waals surface area contributed by atoms with Crippen LogP contribution in [0, 0.1) is 5.41 Å². The molecule has 0 spiro atoms. The van der Waals surface area contributed by atoms with E-state index < -0.39 is 0 Å². The van der Waals surface area contributed by atoms with Crippen LogP contribution in [0.3, 0.4) is 0 Å². The average Bonchev–Trinajstić information content (AvgIpc) is 3.11. The molecule has 0 aromatic heterocycles. The number of carbonyl (C=O) groups is 1. The molecule has 1 aliphatic heterocycles. The molecular weight excluding hydrogens is 306 g/mol. The summed E-state index contributed by atoms with van der Waals surface area (Å²) in [5, 5.41) is 8.01. The Hall–Kier alpha value is -2.60. The van der Waals surface area contributed by atoms with Gasteiger partial charge in [-0.25, -0.2) is 0 Å². The molecule has 128 valence electrons. The van der Waals surface area contributed by atoms with Gasteiger partial charge >= 0.3 is 0 Å². The molecule has 1 aromatic carbocycles. The SMILES string of the molecule is COc1ccc(/C=C/C(=O)N(CC2CCCO2)C(=N)/C=C\N)cc1. The second kappa shape index (κ2) is 8.88. The van der Waals surface area contributed by atoms with Crippen LogP contribution >= 0.6 is 0 Å². The molecule has 6 nitrogen and oxygen atoms in total. The zero-order chi connectivity index (χ0) is 17.4. The molecule has 0 saturated carbocycles. The van der Waals surface area contributed by atoms with Crippen molar-refractivity contribution in [3.05, 3.63) is 48.2 Å². The van der Waals surface area contributed by atoms with E-state index >= 15 is 0 Å². The minimum absolute atomic E-state index is 0.0325. The standard InChI is InChI=1S/C18H23N3O3/c1-23-15-7-4-14(5-8-15)6-9-18(22)21(17(20)10-11-19)13-16-3-2-12-24-16/h4-11,16,20H,2-3,12-13,19H2,1H3/b9-6+,11-10-,20-17?. The Morgan fingerprint density at radius 1 is 1.42 bits per heavy atom. The number of nitrogens with two attached hydrogens (primary N) is 1. The van der Waals surface area contributed by atoms with Gasteiger partial charge < -0.3 is 15.2 Å². The normalized spacial score (nSPS) is 17.5. The van der Waals surface area contributed by atoms with Gasteiger partial charge in [0.25, 0.3) is 5.91 Å². The first kappa shape index (κ1) is 17.7. The van der Waals surface area contributed by atoms with Crippen LogP contribution in [0.1, 0.15) is 18.4 Å². The highest BCUT2D eigenvalue weighted by molar-refractivity contribution is 6.07. The van der Waals surface area contributed by atoms with Crippen molar-refractivity contribution in [3.63, 3.8) is 0 Å². The first-order chi connectivity index (χ1) is 11.6. The van der Waals surface area contributed by atoms with Crippen molar-refractivity contribution < 1.29 is 14.3 Å². The van der Waals surface area contributed by atoms with Gasteiger partial charge in [0.15, 0.2) is 0 Å². The van der Waals surface area contributed by atoms with Crippen molar-refractivity contribution in [2.45, 2.75) is 18.9 Å². The number of nitrogens with zero attached hydrogens (tertiary/aromatic N) is 1. The third-order valence-corrected chi connectivity index (χ3v) is 3.76. The maximum Gasteiger partial charge on any atom is 0.252 e. The van der Waals surface area contributed by atoms with E-state index in [9.17, 15) is 4.79 Å². The Morgan fingerprint density at radius 3 is 2.75 bits per heavy atom. The monoisotopic (exact) mass is 329 g/mol. The number of nitrogens with one attached hydrogen (secondary N) is 1. The molecular formula is C18H23N3O3. The first-order valence-electron chi connectivity index (χ1n) is 7.86. The van der Waals surface area contributed by atoms with Crippen molar-refractivity contribution >= 4 is 17.8 Å². The number of hydrogen-bond acceptors (Lipinski definition) is 5. The summed E-state index contributed by atoms with van der Waals surface area (Å²) in [6.07, 6.45) is 7.66. The largest absolute Gasteiger partial charge is 0.497 e. The van der Waals surface area contributed by atoms with Gasteiger partial charge in [0.2, 0.25) is 0 Å². The lowest BCUT2D eigenvalue weighted by Crippen LogP contribution is -2.40. The van der Waals surface area contributed by atoms with E-state index in [-0.39, 0.29) is 17.8 Å². The second-order valence-corrected chi connectivity index (χ2v) is 5.43. The Kier molecular flexibility index (Phi) is 6.57. The van der Waals surface area contributed by atoms with Crippen molar-refractivity contribution in [3.8, 4) is 5.75 Å². The van der Waals surface area contributed by atoms with Crippen LogP contribution in [0.15, 0.2) is 42.6 Å². The number of amidine groups is 1. The van der Waals surface area contributed by atoms with Gasteiger partial charge in [0, 0.05) is 12.7 Å². The number of methoxy groups -OCH3 is 1. The zero-order valence-electron chi connectivity index (χ0n) is 13.8. The van der Waals surface area contributed by atoms with Crippen LogP contribution < -0.4 is 10.5 Å². The summed E-state index contributed by atoms with van der Waals surface area (Å²) in [4.78, 5) is 13.9. The van der Waals surface area contributed by atoms with Gasteiger partial charge in [-0.05, 0) is 48.9 Å². The first-order valence-corrected chi connectivity index (χ1v) is 7.86. The van der Waals surface area contributed by atoms with E-state index in [2.05, 4.69) is 0 Å². The van der Waals surface area contributed by atoms with E-state index in [0.717, 1.165) is 24.2 Å². The molecule has 0 radical (unpaired) electrons. The van der Waals surface area contributed by atoms with Gasteiger partial charge in [-0.15, -0.1) is 0 Å². The molecule has 1 aliphatic rings. The van der Waals surface area contributed by atoms with Crippen molar-refractivity contribution in [2.24, 2.45) is 5.73 Å². The van der Waals surface area contributed by atoms with Gasteiger partial charge in [0.1, 0.15) is 11.6 Å². The number of amides is 1. The number of hydrogen-bond donors (Lipinski definition) is 2. The topological polar surface area (TPSA) is 88.6 Å². The van der Waals surface area contributed by atoms with Crippen LogP contribution in [-0.4, -0.2) is 43.0 Å². The lowest BCUT2D eigenvalue weighted by Gasteiger charge is -2.23.